The Bertz CT molecular complexity index is 1780. The van der Waals surface area contributed by atoms with Gasteiger partial charge < -0.3 is 18.6 Å². The molecule has 1 aliphatic rings. The number of rotatable bonds is 13. The average molecular weight is 691 g/mol. The predicted octanol–water partition coefficient (Wildman–Crippen LogP) is 10.0. The quantitative estimate of drug-likeness (QED) is 0.0790. The van der Waals surface area contributed by atoms with Crippen LogP contribution < -0.4 is 0 Å². The molecule has 3 aromatic carbocycles. The van der Waals surface area contributed by atoms with Gasteiger partial charge in [-0.3, -0.25) is 4.79 Å². The summed E-state index contributed by atoms with van der Waals surface area (Å²) in [6.07, 6.45) is 5.68. The minimum absolute atomic E-state index is 0.0663. The van der Waals surface area contributed by atoms with Crippen molar-refractivity contribution in [2.24, 2.45) is 23.7 Å². The normalized spacial score (nSPS) is 15.5. The number of cyclic esters (lactones) is 1. The zero-order valence-corrected chi connectivity index (χ0v) is 31.4. The van der Waals surface area contributed by atoms with E-state index in [0.717, 1.165) is 41.4 Å². The van der Waals surface area contributed by atoms with E-state index in [0.29, 0.717) is 48.5 Å². The van der Waals surface area contributed by atoms with Crippen molar-refractivity contribution in [3.8, 4) is 11.8 Å². The van der Waals surface area contributed by atoms with Gasteiger partial charge in [-0.25, -0.2) is 4.79 Å². The lowest BCUT2D eigenvalue weighted by Crippen LogP contribution is -2.23. The van der Waals surface area contributed by atoms with Crippen LogP contribution in [0.15, 0.2) is 94.9 Å². The Morgan fingerprint density at radius 2 is 1.57 bits per heavy atom. The Balaban J connectivity index is 0.000000563. The van der Waals surface area contributed by atoms with Crippen LogP contribution in [0.25, 0.3) is 11.0 Å². The van der Waals surface area contributed by atoms with Gasteiger partial charge in [0.05, 0.1) is 12.5 Å². The van der Waals surface area contributed by atoms with Crippen molar-refractivity contribution in [2.45, 2.75) is 86.4 Å². The minimum atomic E-state index is -0.431. The monoisotopic (exact) mass is 690 g/mol. The van der Waals surface area contributed by atoms with Gasteiger partial charge in [0.2, 0.25) is 0 Å². The largest absolute Gasteiger partial charge is 0.462 e. The second-order valence-electron chi connectivity index (χ2n) is 14.6. The maximum Gasteiger partial charge on any atom is 0.334 e. The van der Waals surface area contributed by atoms with Crippen LogP contribution in [0.2, 0.25) is 0 Å². The summed E-state index contributed by atoms with van der Waals surface area (Å²) in [7, 11) is 1.70. The zero-order valence-electron chi connectivity index (χ0n) is 31.4. The van der Waals surface area contributed by atoms with Crippen molar-refractivity contribution in [3.63, 3.8) is 0 Å². The van der Waals surface area contributed by atoms with Crippen molar-refractivity contribution >= 4 is 22.9 Å². The summed E-state index contributed by atoms with van der Waals surface area (Å²) in [5.41, 5.74) is 5.69. The molecule has 2 unspecified atom stereocenters. The SMILES string of the molecule is COCc1ccccc1.Cc1ccc(C#Cc2ccc3cc(CC(C)C(=O)OCC4C/C(=C\CC(CC(C)C)CC(C)C)C(=O)O4)oc3c2)cc1. The first-order chi connectivity index (χ1) is 24.5. The number of hydrogen-bond acceptors (Lipinski definition) is 6. The molecule has 1 aromatic heterocycles. The van der Waals surface area contributed by atoms with E-state index >= 15 is 0 Å². The van der Waals surface area contributed by atoms with Gasteiger partial charge in [0.15, 0.2) is 0 Å². The number of methoxy groups -OCH3 is 1. The van der Waals surface area contributed by atoms with Gasteiger partial charge in [0.25, 0.3) is 0 Å². The van der Waals surface area contributed by atoms with Crippen molar-refractivity contribution in [2.75, 3.05) is 13.7 Å². The number of esters is 2. The van der Waals surface area contributed by atoms with Gasteiger partial charge in [0.1, 0.15) is 24.1 Å². The van der Waals surface area contributed by atoms with Crippen LogP contribution >= 0.6 is 0 Å². The van der Waals surface area contributed by atoms with E-state index in [1.165, 1.54) is 11.1 Å². The first-order valence-electron chi connectivity index (χ1n) is 18.2. The highest BCUT2D eigenvalue weighted by Gasteiger charge is 2.31. The Labute approximate surface area is 304 Å². The molecular weight excluding hydrogens is 636 g/mol. The van der Waals surface area contributed by atoms with Gasteiger partial charge in [-0.15, -0.1) is 0 Å². The smallest absolute Gasteiger partial charge is 0.334 e. The number of benzene rings is 3. The molecule has 5 rings (SSSR count). The number of ether oxygens (including phenoxy) is 3. The Hall–Kier alpha value is -4.60. The summed E-state index contributed by atoms with van der Waals surface area (Å²) in [5.74, 6) is 7.88. The molecule has 2 heterocycles. The van der Waals surface area contributed by atoms with E-state index in [-0.39, 0.29) is 18.5 Å². The molecule has 6 heteroatoms. The molecule has 1 saturated heterocycles. The standard InChI is InChI=1S/C37H44O5.C8H10O/c1-24(2)17-30(18-25(3)4)14-16-32-22-34(42-37(32)39)23-40-36(38)27(6)19-33-21-31-15-13-29(20-35(31)41-33)12-11-28-9-7-26(5)8-10-28;1-9-7-8-5-3-2-4-6-8/h7-10,13,15-16,20-21,24-25,27,30,34H,14,17-19,22-23H2,1-6H3;2-6H,7H2,1H3/b32-16+;. The molecule has 6 nitrogen and oxygen atoms in total. The van der Waals surface area contributed by atoms with Crippen LogP contribution in [-0.2, 0) is 36.8 Å². The molecule has 0 N–H and O–H groups in total. The van der Waals surface area contributed by atoms with E-state index in [1.54, 1.807) is 7.11 Å². The summed E-state index contributed by atoms with van der Waals surface area (Å²) >= 11 is 0. The molecule has 51 heavy (non-hydrogen) atoms. The van der Waals surface area contributed by atoms with Crippen LogP contribution in [0.1, 0.15) is 88.3 Å². The van der Waals surface area contributed by atoms with E-state index < -0.39 is 12.0 Å². The predicted molar refractivity (Wildman–Crippen MR) is 204 cm³/mol. The van der Waals surface area contributed by atoms with Gasteiger partial charge in [-0.1, -0.05) is 101 Å². The van der Waals surface area contributed by atoms with Crippen molar-refractivity contribution in [1.82, 2.24) is 0 Å². The number of carbonyl (C=O) groups excluding carboxylic acids is 2. The summed E-state index contributed by atoms with van der Waals surface area (Å²) in [4.78, 5) is 25.2. The van der Waals surface area contributed by atoms with Crippen LogP contribution in [0.4, 0.5) is 0 Å². The Morgan fingerprint density at radius 1 is 0.902 bits per heavy atom. The summed E-state index contributed by atoms with van der Waals surface area (Å²) < 4.78 is 22.0. The molecule has 0 amide bonds. The van der Waals surface area contributed by atoms with Crippen LogP contribution in [0.5, 0.6) is 0 Å². The van der Waals surface area contributed by atoms with Gasteiger partial charge in [0, 0.05) is 42.0 Å². The summed E-state index contributed by atoms with van der Waals surface area (Å²) in [6, 6.07) is 26.1. The number of aryl methyl sites for hydroxylation is 1. The molecule has 270 valence electrons. The first kappa shape index (κ1) is 39.2. The van der Waals surface area contributed by atoms with E-state index in [9.17, 15) is 9.59 Å². The zero-order chi connectivity index (χ0) is 36.8. The third kappa shape index (κ3) is 13.2. The van der Waals surface area contributed by atoms with Gasteiger partial charge in [-0.05, 0) is 85.9 Å². The fraction of sp³-hybridized carbons (Fsp3) is 0.422. The van der Waals surface area contributed by atoms with E-state index in [1.807, 2.05) is 91.9 Å². The lowest BCUT2D eigenvalue weighted by molar-refractivity contribution is -0.155. The van der Waals surface area contributed by atoms with Crippen LogP contribution in [0.3, 0.4) is 0 Å². The topological polar surface area (TPSA) is 75.0 Å². The molecule has 1 aliphatic heterocycles. The molecule has 2 atom stereocenters. The molecule has 1 fully saturated rings. The van der Waals surface area contributed by atoms with E-state index in [4.69, 9.17) is 18.6 Å². The number of carbonyl (C=O) groups is 2. The second-order valence-corrected chi connectivity index (χ2v) is 14.6. The highest BCUT2D eigenvalue weighted by atomic mass is 16.6. The summed E-state index contributed by atoms with van der Waals surface area (Å²) in [5, 5.41) is 0.965. The maximum atomic E-state index is 12.8. The number of fused-ring (bicyclic) bond motifs is 1. The maximum absolute atomic E-state index is 12.8. The molecule has 0 aliphatic carbocycles. The molecular formula is C45H54O6. The van der Waals surface area contributed by atoms with Crippen LogP contribution in [-0.4, -0.2) is 31.8 Å². The fourth-order valence-corrected chi connectivity index (χ4v) is 6.28. The molecule has 0 radical (unpaired) electrons. The number of hydrogen-bond donors (Lipinski definition) is 0. The van der Waals surface area contributed by atoms with E-state index in [2.05, 4.69) is 46.5 Å². The molecule has 0 saturated carbocycles. The molecule has 0 bridgehead atoms. The van der Waals surface area contributed by atoms with Crippen molar-refractivity contribution in [3.05, 3.63) is 119 Å². The van der Waals surface area contributed by atoms with Crippen molar-refractivity contribution in [1.29, 1.82) is 0 Å². The minimum Gasteiger partial charge on any atom is -0.462 e. The summed E-state index contributed by atoms with van der Waals surface area (Å²) in [6.45, 7) is 13.6. The third-order valence-corrected chi connectivity index (χ3v) is 8.74. The molecule has 4 aromatic rings. The second kappa shape index (κ2) is 19.7. The van der Waals surface area contributed by atoms with Gasteiger partial charge >= 0.3 is 11.9 Å². The molecule has 0 spiro atoms. The lowest BCUT2D eigenvalue weighted by Gasteiger charge is -2.19. The van der Waals surface area contributed by atoms with Gasteiger partial charge in [-0.2, -0.15) is 0 Å². The Morgan fingerprint density at radius 3 is 2.24 bits per heavy atom. The number of allylic oxidation sites excluding steroid dienone is 1. The third-order valence-electron chi connectivity index (χ3n) is 8.74. The highest BCUT2D eigenvalue weighted by molar-refractivity contribution is 5.90. The first-order valence-corrected chi connectivity index (χ1v) is 18.2. The van der Waals surface area contributed by atoms with Crippen molar-refractivity contribution < 1.29 is 28.2 Å². The fourth-order valence-electron chi connectivity index (χ4n) is 6.28. The number of furan rings is 1. The van der Waals surface area contributed by atoms with Crippen LogP contribution in [0, 0.1) is 42.4 Å². The Kier molecular flexibility index (Phi) is 15.1. The highest BCUT2D eigenvalue weighted by Crippen LogP contribution is 2.28. The average Bonchev–Trinajstić information content (AvgIpc) is 3.67. The lowest BCUT2D eigenvalue weighted by atomic mass is 9.86.